The van der Waals surface area contributed by atoms with Gasteiger partial charge in [0.25, 0.3) is 0 Å². The summed E-state index contributed by atoms with van der Waals surface area (Å²) in [4.78, 5) is 11.2. The molecule has 0 bridgehead atoms. The molecule has 2 aromatic carbocycles. The molecule has 1 amide bonds. The average molecular weight is 308 g/mol. The van der Waals surface area contributed by atoms with Crippen LogP contribution in [0.2, 0.25) is 0 Å². The lowest BCUT2D eigenvalue weighted by Crippen LogP contribution is -2.23. The van der Waals surface area contributed by atoms with E-state index < -0.39 is 0 Å². The molecular weight excluding hydrogens is 288 g/mol. The molecule has 2 aliphatic heterocycles. The summed E-state index contributed by atoms with van der Waals surface area (Å²) >= 11 is 0. The number of benzene rings is 2. The first-order chi connectivity index (χ1) is 11.3. The summed E-state index contributed by atoms with van der Waals surface area (Å²) in [7, 11) is 0. The van der Waals surface area contributed by atoms with Crippen LogP contribution in [-0.4, -0.2) is 18.7 Å². The molecule has 0 radical (unpaired) electrons. The molecule has 0 aliphatic carbocycles. The van der Waals surface area contributed by atoms with Crippen molar-refractivity contribution in [3.63, 3.8) is 0 Å². The van der Waals surface area contributed by atoms with Gasteiger partial charge in [-0.05, 0) is 54.6 Å². The number of carbonyl (C=O) groups excluding carboxylic acids is 1. The van der Waals surface area contributed by atoms with Crippen molar-refractivity contribution in [1.82, 2.24) is 5.32 Å². The zero-order valence-corrected chi connectivity index (χ0v) is 13.0. The van der Waals surface area contributed by atoms with Gasteiger partial charge >= 0.3 is 6.09 Å². The third kappa shape index (κ3) is 3.08. The lowest BCUT2D eigenvalue weighted by atomic mass is 9.98. The maximum Gasteiger partial charge on any atom is 0.411 e. The maximum absolute atomic E-state index is 11.2. The van der Waals surface area contributed by atoms with E-state index in [1.54, 1.807) is 0 Å². The first kappa shape index (κ1) is 14.3. The number of rotatable bonds is 3. The van der Waals surface area contributed by atoms with Crippen molar-refractivity contribution in [1.29, 1.82) is 0 Å². The molecule has 23 heavy (non-hydrogen) atoms. The summed E-state index contributed by atoms with van der Waals surface area (Å²) < 4.78 is 5.03. The van der Waals surface area contributed by atoms with Crippen molar-refractivity contribution in [2.75, 3.05) is 11.9 Å². The summed E-state index contributed by atoms with van der Waals surface area (Å²) in [6.45, 7) is 1.48. The molecule has 1 saturated heterocycles. The first-order valence-electron chi connectivity index (χ1n) is 8.17. The topological polar surface area (TPSA) is 50.4 Å². The standard InChI is InChI=1S/C19H20N2O2/c22-19-21-18-8-7-15(11-16(18)12-23-19)14-5-3-13(4-6-14)10-17-2-1-9-20-17/h3-8,11,17,20H,1-2,9-10,12H2,(H,21,22). The Hall–Kier alpha value is -2.33. The van der Waals surface area contributed by atoms with E-state index in [-0.39, 0.29) is 6.09 Å². The lowest BCUT2D eigenvalue weighted by molar-refractivity contribution is 0.151. The van der Waals surface area contributed by atoms with E-state index in [1.807, 2.05) is 12.1 Å². The fourth-order valence-corrected chi connectivity index (χ4v) is 3.35. The Balaban J connectivity index is 1.52. The predicted molar refractivity (Wildman–Crippen MR) is 90.4 cm³/mol. The smallest absolute Gasteiger partial charge is 0.411 e. The van der Waals surface area contributed by atoms with Crippen LogP contribution < -0.4 is 10.6 Å². The van der Waals surface area contributed by atoms with Gasteiger partial charge in [0.2, 0.25) is 0 Å². The summed E-state index contributed by atoms with van der Waals surface area (Å²) in [6.07, 6.45) is 3.29. The molecule has 4 rings (SSSR count). The van der Waals surface area contributed by atoms with Gasteiger partial charge in [-0.15, -0.1) is 0 Å². The second-order valence-corrected chi connectivity index (χ2v) is 6.27. The van der Waals surface area contributed by atoms with Crippen molar-refractivity contribution in [2.45, 2.75) is 31.9 Å². The van der Waals surface area contributed by atoms with Gasteiger partial charge in [-0.25, -0.2) is 4.79 Å². The fourth-order valence-electron chi connectivity index (χ4n) is 3.35. The molecule has 118 valence electrons. The average Bonchev–Trinajstić information content (AvgIpc) is 3.08. The number of amides is 1. The minimum atomic E-state index is -0.380. The number of carbonyl (C=O) groups is 1. The van der Waals surface area contributed by atoms with Gasteiger partial charge in [0.15, 0.2) is 0 Å². The third-order valence-corrected chi connectivity index (χ3v) is 4.63. The molecule has 2 aromatic rings. The molecule has 2 aliphatic rings. The Labute approximate surface area is 135 Å². The van der Waals surface area contributed by atoms with Crippen LogP contribution in [0.25, 0.3) is 11.1 Å². The first-order valence-corrected chi connectivity index (χ1v) is 8.17. The van der Waals surface area contributed by atoms with Crippen LogP contribution in [0.15, 0.2) is 42.5 Å². The van der Waals surface area contributed by atoms with Crippen LogP contribution in [0.4, 0.5) is 10.5 Å². The van der Waals surface area contributed by atoms with Gasteiger partial charge in [-0.2, -0.15) is 0 Å². The van der Waals surface area contributed by atoms with Gasteiger partial charge < -0.3 is 10.1 Å². The minimum Gasteiger partial charge on any atom is -0.444 e. The molecule has 4 heteroatoms. The molecule has 1 unspecified atom stereocenters. The van der Waals surface area contributed by atoms with Crippen LogP contribution in [0.3, 0.4) is 0 Å². The van der Waals surface area contributed by atoms with Crippen LogP contribution in [0, 0.1) is 0 Å². The van der Waals surface area contributed by atoms with Crippen LogP contribution in [0.1, 0.15) is 24.0 Å². The number of ether oxygens (including phenoxy) is 1. The highest BCUT2D eigenvalue weighted by Crippen LogP contribution is 2.28. The zero-order chi connectivity index (χ0) is 15.6. The number of hydrogen-bond acceptors (Lipinski definition) is 3. The fraction of sp³-hybridized carbons (Fsp3) is 0.316. The molecule has 0 saturated carbocycles. The van der Waals surface area contributed by atoms with Crippen LogP contribution in [-0.2, 0) is 17.8 Å². The normalized spacial score (nSPS) is 19.8. The summed E-state index contributed by atoms with van der Waals surface area (Å²) in [6, 6.07) is 15.5. The van der Waals surface area contributed by atoms with Crippen molar-refractivity contribution in [3.8, 4) is 11.1 Å². The van der Waals surface area contributed by atoms with Gasteiger partial charge in [0, 0.05) is 11.6 Å². The second-order valence-electron chi connectivity index (χ2n) is 6.27. The van der Waals surface area contributed by atoms with E-state index in [0.29, 0.717) is 12.6 Å². The monoisotopic (exact) mass is 308 g/mol. The maximum atomic E-state index is 11.2. The molecule has 4 nitrogen and oxygen atoms in total. The summed E-state index contributed by atoms with van der Waals surface area (Å²) in [5.74, 6) is 0. The highest BCUT2D eigenvalue weighted by Gasteiger charge is 2.16. The predicted octanol–water partition coefficient (Wildman–Crippen LogP) is 3.71. The third-order valence-electron chi connectivity index (χ3n) is 4.63. The molecule has 0 spiro atoms. The number of anilines is 1. The van der Waals surface area contributed by atoms with Crippen LogP contribution in [0.5, 0.6) is 0 Å². The Kier molecular flexibility index (Phi) is 3.75. The number of nitrogens with one attached hydrogen (secondary N) is 2. The minimum absolute atomic E-state index is 0.334. The van der Waals surface area contributed by atoms with Crippen molar-refractivity contribution in [3.05, 3.63) is 53.6 Å². The molecule has 0 aromatic heterocycles. The Morgan fingerprint density at radius 3 is 2.70 bits per heavy atom. The van der Waals surface area contributed by atoms with Crippen molar-refractivity contribution in [2.24, 2.45) is 0 Å². The van der Waals surface area contributed by atoms with Gasteiger partial charge in [-0.1, -0.05) is 30.3 Å². The molecular formula is C19H20N2O2. The zero-order valence-electron chi connectivity index (χ0n) is 13.0. The van der Waals surface area contributed by atoms with Crippen LogP contribution >= 0.6 is 0 Å². The highest BCUT2D eigenvalue weighted by molar-refractivity contribution is 5.88. The molecule has 2 heterocycles. The molecule has 1 fully saturated rings. The molecule has 2 N–H and O–H groups in total. The largest absolute Gasteiger partial charge is 0.444 e. The van der Waals surface area contributed by atoms with E-state index in [1.165, 1.54) is 24.0 Å². The van der Waals surface area contributed by atoms with E-state index in [9.17, 15) is 4.79 Å². The van der Waals surface area contributed by atoms with E-state index in [0.717, 1.165) is 29.8 Å². The SMILES string of the molecule is O=C1Nc2ccc(-c3ccc(CC4CCCN4)cc3)cc2CO1. The van der Waals surface area contributed by atoms with Gasteiger partial charge in [-0.3, -0.25) is 5.32 Å². The van der Waals surface area contributed by atoms with E-state index in [2.05, 4.69) is 41.0 Å². The van der Waals surface area contributed by atoms with Crippen molar-refractivity contribution < 1.29 is 9.53 Å². The van der Waals surface area contributed by atoms with Crippen molar-refractivity contribution >= 4 is 11.8 Å². The van der Waals surface area contributed by atoms with Gasteiger partial charge in [0.1, 0.15) is 6.61 Å². The number of cyclic esters (lactones) is 1. The highest BCUT2D eigenvalue weighted by atomic mass is 16.5. The lowest BCUT2D eigenvalue weighted by Gasteiger charge is -2.18. The quantitative estimate of drug-likeness (QED) is 0.909. The number of fused-ring (bicyclic) bond motifs is 1. The summed E-state index contributed by atoms with van der Waals surface area (Å²) in [5.41, 5.74) is 5.57. The van der Waals surface area contributed by atoms with Gasteiger partial charge in [0.05, 0.1) is 5.69 Å². The number of hydrogen-bond donors (Lipinski definition) is 2. The molecule has 1 atom stereocenters. The Morgan fingerprint density at radius 2 is 1.91 bits per heavy atom. The van der Waals surface area contributed by atoms with E-state index in [4.69, 9.17) is 4.74 Å². The Morgan fingerprint density at radius 1 is 1.09 bits per heavy atom. The Bertz CT molecular complexity index is 719. The summed E-state index contributed by atoms with van der Waals surface area (Å²) in [5, 5.41) is 6.26. The second kappa shape index (κ2) is 6.05. The van der Waals surface area contributed by atoms with E-state index >= 15 is 0 Å².